The number of benzene rings is 5. The van der Waals surface area contributed by atoms with Gasteiger partial charge in [0.15, 0.2) is 6.29 Å². The van der Waals surface area contributed by atoms with Gasteiger partial charge in [0.1, 0.15) is 12.6 Å². The van der Waals surface area contributed by atoms with Gasteiger partial charge in [0.25, 0.3) is 5.91 Å². The molecule has 8 rings (SSSR count). The number of aromatic nitrogens is 4. The Morgan fingerprint density at radius 2 is 1.53 bits per heavy atom. The first-order valence-corrected chi connectivity index (χ1v) is 19.9. The van der Waals surface area contributed by atoms with Gasteiger partial charge < -0.3 is 24.6 Å². The number of ether oxygens (including phenoxy) is 3. The van der Waals surface area contributed by atoms with Crippen LogP contribution in [0.2, 0.25) is 0 Å². The lowest BCUT2D eigenvalue weighted by atomic mass is 9.99. The van der Waals surface area contributed by atoms with Gasteiger partial charge in [-0.2, -0.15) is 4.68 Å². The number of nitrogens with zero attached hydrogens (tertiary/aromatic N) is 5. The van der Waals surface area contributed by atoms with Crippen molar-refractivity contribution in [3.8, 4) is 16.8 Å². The number of hydrogen-bond acceptors (Lipinski definition) is 11. The zero-order valence-electron chi connectivity index (χ0n) is 31.3. The minimum atomic E-state index is -0.986. The number of alkyl carbamates (subject to hydrolysis) is 1. The van der Waals surface area contributed by atoms with E-state index in [1.54, 1.807) is 4.68 Å². The maximum atomic E-state index is 13.2. The maximum absolute atomic E-state index is 13.2. The number of thioether (sulfide) groups is 1. The molecule has 0 bridgehead atoms. The molecule has 13 nitrogen and oxygen atoms in total. The molecule has 2 aliphatic rings. The maximum Gasteiger partial charge on any atom is 0.408 e. The molecule has 0 radical (unpaired) electrons. The number of imide groups is 1. The van der Waals surface area contributed by atoms with Crippen molar-refractivity contribution in [1.29, 1.82) is 0 Å². The van der Waals surface area contributed by atoms with Crippen molar-refractivity contribution in [3.63, 3.8) is 0 Å². The van der Waals surface area contributed by atoms with Gasteiger partial charge in [-0.25, -0.2) is 4.79 Å². The van der Waals surface area contributed by atoms with Crippen molar-refractivity contribution in [1.82, 2.24) is 30.4 Å². The molecule has 2 N–H and O–H groups in total. The lowest BCUT2D eigenvalue weighted by Gasteiger charge is -2.36. The number of aliphatic hydroxyl groups excluding tert-OH is 1. The predicted molar refractivity (Wildman–Crippen MR) is 214 cm³/mol. The van der Waals surface area contributed by atoms with Crippen molar-refractivity contribution in [2.24, 2.45) is 0 Å². The van der Waals surface area contributed by atoms with E-state index in [1.807, 2.05) is 133 Å². The number of amides is 3. The van der Waals surface area contributed by atoms with E-state index in [1.165, 1.54) is 16.7 Å². The first-order valence-electron chi connectivity index (χ1n) is 18.9. The summed E-state index contributed by atoms with van der Waals surface area (Å²) in [5, 5.41) is 25.2. The summed E-state index contributed by atoms with van der Waals surface area (Å²) in [7, 11) is 0. The normalized spacial score (nSPS) is 19.3. The fourth-order valence-electron chi connectivity index (χ4n) is 6.92. The molecule has 294 valence electrons. The Hall–Kier alpha value is -6.19. The molecule has 58 heavy (non-hydrogen) atoms. The number of carbonyl (C=O) groups excluding carboxylic acids is 3. The summed E-state index contributed by atoms with van der Waals surface area (Å²) in [6, 6.07) is 41.3. The lowest BCUT2D eigenvalue weighted by Crippen LogP contribution is -2.41. The second-order valence-corrected chi connectivity index (χ2v) is 15.0. The summed E-state index contributed by atoms with van der Waals surface area (Å²) in [5.74, 6) is -0.256. The van der Waals surface area contributed by atoms with Gasteiger partial charge in [-0.15, -0.1) is 5.10 Å². The number of carbonyl (C=O) groups is 3. The summed E-state index contributed by atoms with van der Waals surface area (Å²) in [4.78, 5) is 39.7. The van der Waals surface area contributed by atoms with Crippen molar-refractivity contribution in [2.75, 3.05) is 5.75 Å². The SMILES string of the molecule is O=C(NC1CC(=O)N(Cc2cccc(-c3ccc([C@@H]4O[C@H](CSc5nnnn5-c5ccccc5)C[C@H](c5ccc(CO)cc5)O4)cc3)c2)C1=O)OCc1ccccc1. The second-order valence-electron chi connectivity index (χ2n) is 14.0. The van der Waals surface area contributed by atoms with Crippen molar-refractivity contribution >= 4 is 29.7 Å². The average Bonchev–Trinajstić information content (AvgIpc) is 3.85. The van der Waals surface area contributed by atoms with Gasteiger partial charge in [-0.05, 0) is 62.0 Å². The standard InChI is InChI=1S/C44H40N6O7S/c51-26-29-14-16-33(17-15-29)39-23-37(28-58-43-46-47-48-50(43)36-12-5-2-6-13-36)56-42(57-39)34-20-18-32(19-21-34)35-11-7-10-31(22-35)25-49-40(52)24-38(41(49)53)45-44(54)55-27-30-8-3-1-4-9-30/h1-22,37-39,42,51H,23-28H2,(H,45,54)/t37-,38?,39+,42+/m0/s1. The smallest absolute Gasteiger partial charge is 0.408 e. The Morgan fingerprint density at radius 3 is 2.29 bits per heavy atom. The second kappa shape index (κ2) is 17.9. The van der Waals surface area contributed by atoms with Gasteiger partial charge in [-0.1, -0.05) is 127 Å². The summed E-state index contributed by atoms with van der Waals surface area (Å²) in [6.45, 7) is 0.0880. The molecule has 0 spiro atoms. The van der Waals surface area contributed by atoms with Crippen LogP contribution < -0.4 is 5.32 Å². The Labute approximate surface area is 338 Å². The Morgan fingerprint density at radius 1 is 0.810 bits per heavy atom. The van der Waals surface area contributed by atoms with E-state index in [2.05, 4.69) is 20.8 Å². The number of aliphatic hydroxyl groups is 1. The van der Waals surface area contributed by atoms with Crippen LogP contribution in [-0.4, -0.2) is 66.0 Å². The van der Waals surface area contributed by atoms with E-state index in [-0.39, 0.29) is 44.3 Å². The van der Waals surface area contributed by atoms with Crippen molar-refractivity contribution in [3.05, 3.63) is 161 Å². The van der Waals surface area contributed by atoms with Crippen molar-refractivity contribution < 1.29 is 33.7 Å². The quantitative estimate of drug-likeness (QED) is 0.0945. The third kappa shape index (κ3) is 9.16. The van der Waals surface area contributed by atoms with Crippen LogP contribution in [-0.2, 0) is 43.6 Å². The molecule has 2 aliphatic heterocycles. The Kier molecular flexibility index (Phi) is 12.0. The number of nitrogens with one attached hydrogen (secondary N) is 1. The van der Waals surface area contributed by atoms with E-state index in [0.717, 1.165) is 44.6 Å². The molecule has 1 aromatic heterocycles. The Balaban J connectivity index is 0.928. The molecular weight excluding hydrogens is 757 g/mol. The van der Waals surface area contributed by atoms with E-state index in [9.17, 15) is 19.5 Å². The van der Waals surface area contributed by atoms with Crippen LogP contribution in [0.25, 0.3) is 16.8 Å². The summed E-state index contributed by atoms with van der Waals surface area (Å²) >= 11 is 1.52. The van der Waals surface area contributed by atoms with E-state index < -0.39 is 24.3 Å². The molecule has 6 aromatic rings. The number of likely N-dealkylation sites (tertiary alicyclic amines) is 1. The highest BCUT2D eigenvalue weighted by atomic mass is 32.2. The zero-order valence-corrected chi connectivity index (χ0v) is 32.1. The first kappa shape index (κ1) is 38.7. The number of tetrazole rings is 1. The average molecular weight is 797 g/mol. The third-order valence-corrected chi connectivity index (χ3v) is 11.0. The molecule has 5 aromatic carbocycles. The van der Waals surface area contributed by atoms with Crippen LogP contribution in [0.5, 0.6) is 0 Å². The summed E-state index contributed by atoms with van der Waals surface area (Å²) in [5.41, 5.74) is 6.93. The predicted octanol–water partition coefficient (Wildman–Crippen LogP) is 6.71. The highest BCUT2D eigenvalue weighted by molar-refractivity contribution is 7.99. The van der Waals surface area contributed by atoms with Gasteiger partial charge in [0.05, 0.1) is 37.5 Å². The van der Waals surface area contributed by atoms with Gasteiger partial charge in [0, 0.05) is 17.7 Å². The molecule has 3 heterocycles. The highest BCUT2D eigenvalue weighted by Gasteiger charge is 2.40. The first-order chi connectivity index (χ1) is 28.4. The van der Waals surface area contributed by atoms with Crippen molar-refractivity contribution in [2.45, 2.75) is 62.3 Å². The minimum absolute atomic E-state index is 0.0391. The van der Waals surface area contributed by atoms with Crippen LogP contribution >= 0.6 is 11.8 Å². The van der Waals surface area contributed by atoms with Crippen LogP contribution in [0.4, 0.5) is 4.79 Å². The van der Waals surface area contributed by atoms with Crippen LogP contribution in [0, 0.1) is 0 Å². The van der Waals surface area contributed by atoms with Crippen LogP contribution in [0.3, 0.4) is 0 Å². The molecule has 2 saturated heterocycles. The van der Waals surface area contributed by atoms with E-state index in [0.29, 0.717) is 17.3 Å². The lowest BCUT2D eigenvalue weighted by molar-refractivity contribution is -0.245. The molecule has 2 fully saturated rings. The van der Waals surface area contributed by atoms with Gasteiger partial charge in [-0.3, -0.25) is 14.5 Å². The molecule has 0 aliphatic carbocycles. The third-order valence-electron chi connectivity index (χ3n) is 9.99. The molecule has 3 amide bonds. The highest BCUT2D eigenvalue weighted by Crippen LogP contribution is 2.40. The molecule has 4 atom stereocenters. The number of para-hydroxylation sites is 1. The fraction of sp³-hybridized carbons (Fsp3) is 0.227. The topological polar surface area (TPSA) is 158 Å². The number of hydrogen-bond donors (Lipinski definition) is 2. The summed E-state index contributed by atoms with van der Waals surface area (Å²) in [6.07, 6.45) is -1.39. The number of rotatable bonds is 13. The van der Waals surface area contributed by atoms with E-state index in [4.69, 9.17) is 14.2 Å². The molecule has 0 saturated carbocycles. The van der Waals surface area contributed by atoms with Crippen LogP contribution in [0.1, 0.15) is 53.1 Å². The van der Waals surface area contributed by atoms with Gasteiger partial charge in [0.2, 0.25) is 11.1 Å². The monoisotopic (exact) mass is 796 g/mol. The van der Waals surface area contributed by atoms with E-state index >= 15 is 0 Å². The molecular formula is C44H40N6O7S. The molecule has 14 heteroatoms. The summed E-state index contributed by atoms with van der Waals surface area (Å²) < 4.78 is 20.1. The minimum Gasteiger partial charge on any atom is -0.445 e. The van der Waals surface area contributed by atoms with Gasteiger partial charge >= 0.3 is 6.09 Å². The Bertz CT molecular complexity index is 2340. The van der Waals surface area contributed by atoms with Crippen LogP contribution in [0.15, 0.2) is 139 Å². The zero-order chi connectivity index (χ0) is 39.8. The largest absolute Gasteiger partial charge is 0.445 e. The molecule has 1 unspecified atom stereocenters. The fourth-order valence-corrected chi connectivity index (χ4v) is 7.83.